The molecule has 1 unspecified atom stereocenters. The van der Waals surface area contributed by atoms with Gasteiger partial charge in [-0.05, 0) is 49.2 Å². The minimum Gasteiger partial charge on any atom is -0.383 e. The van der Waals surface area contributed by atoms with Crippen molar-refractivity contribution in [2.24, 2.45) is 0 Å². The van der Waals surface area contributed by atoms with Gasteiger partial charge in [-0.25, -0.2) is 8.78 Å². The number of nitrogens with one attached hydrogen (secondary N) is 1. The van der Waals surface area contributed by atoms with Gasteiger partial charge in [-0.15, -0.1) is 0 Å². The summed E-state index contributed by atoms with van der Waals surface area (Å²) in [6, 6.07) is 12.1. The summed E-state index contributed by atoms with van der Waals surface area (Å²) in [5, 5.41) is 2.89. The van der Waals surface area contributed by atoms with E-state index in [0.717, 1.165) is 5.56 Å². The standard InChI is InChI=1S/C27H33F2NO6/c1-26(2)35-23-15-27(25(31)30-11-12-32-3,34-17-19-5-4-6-21(29)13-19)14-22(24(23)36-26)33-16-18-7-9-20(28)10-8-18/h4-10,13,22-24H,11-12,14-17H2,1-3H3,(H,30,31)/t22?,23-,24+,27-/m1/s1. The molecule has 0 spiro atoms. The predicted molar refractivity (Wildman–Crippen MR) is 127 cm³/mol. The van der Waals surface area contributed by atoms with Gasteiger partial charge in [-0.3, -0.25) is 4.79 Å². The molecule has 2 fully saturated rings. The number of fused-ring (bicyclic) bond motifs is 1. The minimum absolute atomic E-state index is 0.0295. The fourth-order valence-electron chi connectivity index (χ4n) is 4.77. The summed E-state index contributed by atoms with van der Waals surface area (Å²) in [6.45, 7) is 4.50. The topological polar surface area (TPSA) is 75.3 Å². The molecule has 1 aliphatic carbocycles. The molecule has 1 N–H and O–H groups in total. The monoisotopic (exact) mass is 505 g/mol. The van der Waals surface area contributed by atoms with Crippen LogP contribution in [0.15, 0.2) is 48.5 Å². The molecule has 7 nitrogen and oxygen atoms in total. The number of hydrogen-bond donors (Lipinski definition) is 1. The summed E-state index contributed by atoms with van der Waals surface area (Å²) >= 11 is 0. The van der Waals surface area contributed by atoms with Gasteiger partial charge in [0.05, 0.1) is 32.0 Å². The van der Waals surface area contributed by atoms with Gasteiger partial charge in [0.2, 0.25) is 0 Å². The largest absolute Gasteiger partial charge is 0.383 e. The second-order valence-corrected chi connectivity index (χ2v) is 9.68. The van der Waals surface area contributed by atoms with Crippen LogP contribution >= 0.6 is 0 Å². The average molecular weight is 506 g/mol. The molecule has 2 aromatic rings. The maximum absolute atomic E-state index is 13.8. The second-order valence-electron chi connectivity index (χ2n) is 9.68. The zero-order valence-electron chi connectivity index (χ0n) is 20.8. The fourth-order valence-corrected chi connectivity index (χ4v) is 4.77. The van der Waals surface area contributed by atoms with E-state index in [1.54, 1.807) is 31.4 Å². The highest BCUT2D eigenvalue weighted by molar-refractivity contribution is 5.85. The lowest BCUT2D eigenvalue weighted by Gasteiger charge is -2.43. The van der Waals surface area contributed by atoms with E-state index in [2.05, 4.69) is 5.32 Å². The van der Waals surface area contributed by atoms with Gasteiger partial charge >= 0.3 is 0 Å². The Morgan fingerprint density at radius 2 is 1.81 bits per heavy atom. The van der Waals surface area contributed by atoms with Crippen LogP contribution in [-0.4, -0.2) is 55.9 Å². The van der Waals surface area contributed by atoms with Gasteiger partial charge in [0.1, 0.15) is 17.7 Å². The first-order valence-electron chi connectivity index (χ1n) is 12.1. The Labute approximate surface area is 210 Å². The van der Waals surface area contributed by atoms with E-state index in [1.807, 2.05) is 13.8 Å². The Morgan fingerprint density at radius 1 is 1.03 bits per heavy atom. The molecule has 9 heteroatoms. The zero-order chi connectivity index (χ0) is 25.8. The summed E-state index contributed by atoms with van der Waals surface area (Å²) in [5.74, 6) is -1.90. The number of carbonyl (C=O) groups excluding carboxylic acids is 1. The molecule has 196 valence electrons. The maximum atomic E-state index is 13.8. The summed E-state index contributed by atoms with van der Waals surface area (Å²) in [6.07, 6.45) is -0.990. The van der Waals surface area contributed by atoms with E-state index in [-0.39, 0.29) is 43.6 Å². The van der Waals surface area contributed by atoms with Crippen LogP contribution in [0.1, 0.15) is 37.8 Å². The quantitative estimate of drug-likeness (QED) is 0.494. The van der Waals surface area contributed by atoms with Crippen molar-refractivity contribution < 1.29 is 37.3 Å². The Balaban J connectivity index is 1.58. The highest BCUT2D eigenvalue weighted by atomic mass is 19.1. The van der Waals surface area contributed by atoms with E-state index in [4.69, 9.17) is 23.7 Å². The number of amides is 1. The number of hydrogen-bond acceptors (Lipinski definition) is 6. The lowest BCUT2D eigenvalue weighted by atomic mass is 9.78. The normalized spacial score (nSPS) is 27.0. The summed E-state index contributed by atoms with van der Waals surface area (Å²) in [7, 11) is 1.55. The van der Waals surface area contributed by atoms with Crippen LogP contribution < -0.4 is 5.32 Å². The summed E-state index contributed by atoms with van der Waals surface area (Å²) in [4.78, 5) is 13.5. The van der Waals surface area contributed by atoms with Crippen LogP contribution in [0.4, 0.5) is 8.78 Å². The number of halogens is 2. The smallest absolute Gasteiger partial charge is 0.252 e. The molecule has 1 saturated heterocycles. The minimum atomic E-state index is -1.31. The van der Waals surface area contributed by atoms with E-state index in [0.29, 0.717) is 18.7 Å². The number of benzene rings is 2. The Hall–Kier alpha value is -2.43. The first kappa shape index (κ1) is 26.6. The predicted octanol–water partition coefficient (Wildman–Crippen LogP) is 3.88. The van der Waals surface area contributed by atoms with Crippen molar-refractivity contribution in [3.63, 3.8) is 0 Å². The van der Waals surface area contributed by atoms with Gasteiger partial charge in [-0.2, -0.15) is 0 Å². The molecule has 0 bridgehead atoms. The average Bonchev–Trinajstić information content (AvgIpc) is 3.16. The molecule has 36 heavy (non-hydrogen) atoms. The van der Waals surface area contributed by atoms with E-state index >= 15 is 0 Å². The summed E-state index contributed by atoms with van der Waals surface area (Å²) < 4.78 is 57.0. The van der Waals surface area contributed by atoms with Gasteiger partial charge in [0.15, 0.2) is 11.4 Å². The number of methoxy groups -OCH3 is 1. The number of carbonyl (C=O) groups is 1. The molecule has 0 radical (unpaired) electrons. The van der Waals surface area contributed by atoms with Crippen LogP contribution in [0.25, 0.3) is 0 Å². The van der Waals surface area contributed by atoms with Gasteiger partial charge in [-0.1, -0.05) is 24.3 Å². The van der Waals surface area contributed by atoms with Gasteiger partial charge in [0.25, 0.3) is 5.91 Å². The Bertz CT molecular complexity index is 1030. The molecule has 0 aromatic heterocycles. The van der Waals surface area contributed by atoms with Crippen LogP contribution in [0.3, 0.4) is 0 Å². The highest BCUT2D eigenvalue weighted by Gasteiger charge is 2.58. The van der Waals surface area contributed by atoms with E-state index < -0.39 is 29.7 Å². The van der Waals surface area contributed by atoms with Crippen molar-refractivity contribution >= 4 is 5.91 Å². The molecule has 1 saturated carbocycles. The Morgan fingerprint density at radius 3 is 2.53 bits per heavy atom. The maximum Gasteiger partial charge on any atom is 0.252 e. The lowest BCUT2D eigenvalue weighted by Crippen LogP contribution is -2.60. The summed E-state index contributed by atoms with van der Waals surface area (Å²) in [5.41, 5.74) is 0.0831. The molecule has 1 heterocycles. The third kappa shape index (κ3) is 6.46. The fraction of sp³-hybridized carbons (Fsp3) is 0.519. The zero-order valence-corrected chi connectivity index (χ0v) is 20.8. The van der Waals surface area contributed by atoms with E-state index in [9.17, 15) is 13.6 Å². The van der Waals surface area contributed by atoms with Crippen LogP contribution in [0.5, 0.6) is 0 Å². The van der Waals surface area contributed by atoms with Crippen molar-refractivity contribution in [3.05, 3.63) is 71.3 Å². The highest BCUT2D eigenvalue weighted by Crippen LogP contribution is 2.44. The number of rotatable bonds is 10. The van der Waals surface area contributed by atoms with Crippen molar-refractivity contribution in [1.82, 2.24) is 5.32 Å². The second kappa shape index (κ2) is 11.3. The molecular formula is C27H33F2NO6. The van der Waals surface area contributed by atoms with Crippen LogP contribution in [0.2, 0.25) is 0 Å². The molecule has 1 aliphatic heterocycles. The van der Waals surface area contributed by atoms with E-state index in [1.165, 1.54) is 24.3 Å². The van der Waals surface area contributed by atoms with Crippen molar-refractivity contribution in [3.8, 4) is 0 Å². The molecular weight excluding hydrogens is 472 g/mol. The van der Waals surface area contributed by atoms with Crippen molar-refractivity contribution in [2.75, 3.05) is 20.3 Å². The molecule has 4 atom stereocenters. The first-order chi connectivity index (χ1) is 17.2. The SMILES string of the molecule is COCCNC(=O)[C@@]1(OCc2cccc(F)c2)CC(OCc2ccc(F)cc2)[C@@H]2OC(C)(C)O[C@@H]2C1. The van der Waals surface area contributed by atoms with Gasteiger partial charge < -0.3 is 29.0 Å². The Kier molecular flexibility index (Phi) is 8.37. The first-order valence-corrected chi connectivity index (χ1v) is 12.1. The van der Waals surface area contributed by atoms with Crippen molar-refractivity contribution in [1.29, 1.82) is 0 Å². The van der Waals surface area contributed by atoms with Gasteiger partial charge in [0, 0.05) is 26.5 Å². The van der Waals surface area contributed by atoms with Crippen LogP contribution in [-0.2, 0) is 41.7 Å². The molecule has 2 aliphatic rings. The third-order valence-electron chi connectivity index (χ3n) is 6.44. The molecule has 4 rings (SSSR count). The molecule has 2 aromatic carbocycles. The van der Waals surface area contributed by atoms with Crippen molar-refractivity contribution in [2.45, 2.75) is 69.6 Å². The lowest BCUT2D eigenvalue weighted by molar-refractivity contribution is -0.183. The van der Waals surface area contributed by atoms with Crippen LogP contribution in [0, 0.1) is 11.6 Å². The molecule has 1 amide bonds. The third-order valence-corrected chi connectivity index (χ3v) is 6.44. The number of ether oxygens (including phenoxy) is 5.